The Bertz CT molecular complexity index is 4810. The van der Waals surface area contributed by atoms with E-state index >= 15 is 0 Å². The van der Waals surface area contributed by atoms with Crippen molar-refractivity contribution in [2.24, 2.45) is 0 Å². The Morgan fingerprint density at radius 1 is 0.241 bits per heavy atom. The third kappa shape index (κ3) is 7.20. The normalized spacial score (nSPS) is 14.7. The second-order valence-electron chi connectivity index (χ2n) is 25.6. The first-order valence-electron chi connectivity index (χ1n) is 29.7. The lowest BCUT2D eigenvalue weighted by Gasteiger charge is -2.24. The lowest BCUT2D eigenvalue weighted by molar-refractivity contribution is 0.242. The van der Waals surface area contributed by atoms with Crippen molar-refractivity contribution < 1.29 is 4.74 Å². The van der Waals surface area contributed by atoms with Gasteiger partial charge < -0.3 is 4.74 Å². The zero-order chi connectivity index (χ0) is 56.3. The SMILES string of the molecule is CC(C)Oc1ccc(-c2c3ccccc3c(-c3ccc4c(c3)C(C)(C)c3cc(-c5ccc6c(c5)C(C)(C)c5cc(-c7c8ccccc8c(-c8ccc9c(c8)C(C)(C)c8ccccc8-9)c8ccccc78)ccc5-6)ccc3-4)c3ccccc23)cc1. The van der Waals surface area contributed by atoms with Crippen molar-refractivity contribution >= 4 is 43.1 Å². The smallest absolute Gasteiger partial charge is 0.119 e. The Hall–Kier alpha value is -9.30. The van der Waals surface area contributed by atoms with Gasteiger partial charge in [0, 0.05) is 16.2 Å². The van der Waals surface area contributed by atoms with Crippen molar-refractivity contribution in [3.63, 3.8) is 0 Å². The molecule has 0 unspecified atom stereocenters. The summed E-state index contributed by atoms with van der Waals surface area (Å²) in [5.74, 6) is 0.892. The van der Waals surface area contributed by atoms with Gasteiger partial charge in [0.25, 0.3) is 0 Å². The van der Waals surface area contributed by atoms with Gasteiger partial charge in [0.1, 0.15) is 5.75 Å². The van der Waals surface area contributed by atoms with Crippen molar-refractivity contribution in [3.05, 3.63) is 270 Å². The molecular weight excluding hydrogens is 1000 g/mol. The topological polar surface area (TPSA) is 9.23 Å². The maximum Gasteiger partial charge on any atom is 0.119 e. The summed E-state index contributed by atoms with van der Waals surface area (Å²) >= 11 is 0. The third-order valence-electron chi connectivity index (χ3n) is 19.5. The number of benzene rings is 13. The monoisotopic (exact) mass is 1060 g/mol. The Kier molecular flexibility index (Phi) is 10.6. The zero-order valence-corrected chi connectivity index (χ0v) is 48.5. The quantitative estimate of drug-likeness (QED) is 0.145. The summed E-state index contributed by atoms with van der Waals surface area (Å²) in [6.45, 7) is 18.6. The van der Waals surface area contributed by atoms with Crippen molar-refractivity contribution in [3.8, 4) is 94.8 Å². The minimum atomic E-state index is -0.223. The van der Waals surface area contributed by atoms with E-state index in [0.29, 0.717) is 0 Å². The molecule has 0 saturated heterocycles. The molecule has 0 fully saturated rings. The number of fused-ring (bicyclic) bond motifs is 13. The summed E-state index contributed by atoms with van der Waals surface area (Å²) in [5.41, 5.74) is 28.4. The maximum absolute atomic E-state index is 6.06. The van der Waals surface area contributed by atoms with Crippen LogP contribution in [0, 0.1) is 0 Å². The highest BCUT2D eigenvalue weighted by molar-refractivity contribution is 6.23. The van der Waals surface area contributed by atoms with Crippen molar-refractivity contribution in [1.82, 2.24) is 0 Å². The van der Waals surface area contributed by atoms with Gasteiger partial charge in [0.05, 0.1) is 6.10 Å². The summed E-state index contributed by atoms with van der Waals surface area (Å²) in [4.78, 5) is 0. The average Bonchev–Trinajstić information content (AvgIpc) is 4.25. The highest BCUT2D eigenvalue weighted by Crippen LogP contribution is 2.56. The third-order valence-corrected chi connectivity index (χ3v) is 19.5. The first kappa shape index (κ1) is 49.5. The van der Waals surface area contributed by atoms with Gasteiger partial charge >= 0.3 is 0 Å². The van der Waals surface area contributed by atoms with E-state index in [0.717, 1.165) is 5.75 Å². The van der Waals surface area contributed by atoms with Crippen LogP contribution in [-0.4, -0.2) is 6.10 Å². The summed E-state index contributed by atoms with van der Waals surface area (Å²) in [7, 11) is 0. The van der Waals surface area contributed by atoms with Gasteiger partial charge in [-0.25, -0.2) is 0 Å². The predicted octanol–water partition coefficient (Wildman–Crippen LogP) is 22.3. The maximum atomic E-state index is 6.06. The molecule has 0 spiro atoms. The van der Waals surface area contributed by atoms with Crippen LogP contribution in [0.2, 0.25) is 0 Å². The number of rotatable bonds is 7. The second-order valence-corrected chi connectivity index (χ2v) is 25.6. The van der Waals surface area contributed by atoms with E-state index in [9.17, 15) is 0 Å². The molecule has 13 aromatic rings. The first-order chi connectivity index (χ1) is 40.3. The fraction of sp³-hybridized carbons (Fsp3) is 0.146. The van der Waals surface area contributed by atoms with E-state index in [1.165, 1.54) is 165 Å². The Morgan fingerprint density at radius 2 is 0.482 bits per heavy atom. The van der Waals surface area contributed by atoms with Gasteiger partial charge in [0.2, 0.25) is 0 Å². The van der Waals surface area contributed by atoms with Crippen LogP contribution in [0.5, 0.6) is 5.75 Å². The van der Waals surface area contributed by atoms with E-state index in [4.69, 9.17) is 4.74 Å². The summed E-state index contributed by atoms with van der Waals surface area (Å²) in [6.07, 6.45) is 0.123. The zero-order valence-electron chi connectivity index (χ0n) is 48.5. The minimum absolute atomic E-state index is 0.0828. The van der Waals surface area contributed by atoms with Gasteiger partial charge in [-0.15, -0.1) is 0 Å². The van der Waals surface area contributed by atoms with Gasteiger partial charge in [-0.2, -0.15) is 0 Å². The Labute approximate surface area is 487 Å². The molecule has 3 aliphatic rings. The predicted molar refractivity (Wildman–Crippen MR) is 352 cm³/mol. The standard InChI is InChI=1S/C82H64O/c1-48(2)83-55-36-29-49(30-37-55)76-62-20-9-11-22-64(62)77(65-23-12-10-21-63(65)76)53-34-41-60-58-38-31-50(43-71(58)81(5,6)74(60)46-53)51-32-39-59-61-42-35-54(47-75(61)82(7,8)72(59)44-51)79-68-26-15-13-24-66(68)78(67-25-14-16-27-69(67)79)52-33-40-57-56-19-17-18-28-70(56)80(3,4)73(57)45-52/h9-48H,1-8H3. The first-order valence-corrected chi connectivity index (χ1v) is 29.7. The van der Waals surface area contributed by atoms with Gasteiger partial charge in [-0.3, -0.25) is 0 Å². The second kappa shape index (κ2) is 17.8. The van der Waals surface area contributed by atoms with E-state index in [-0.39, 0.29) is 22.3 Å². The number of hydrogen-bond acceptors (Lipinski definition) is 1. The van der Waals surface area contributed by atoms with Crippen LogP contribution in [0.25, 0.3) is 132 Å². The lowest BCUT2D eigenvalue weighted by Crippen LogP contribution is -2.15. The number of ether oxygens (including phenoxy) is 1. The molecule has 0 aliphatic heterocycles. The Balaban J connectivity index is 0.747. The van der Waals surface area contributed by atoms with Gasteiger partial charge in [-0.05, 0) is 222 Å². The van der Waals surface area contributed by atoms with Crippen LogP contribution in [0.4, 0.5) is 0 Å². The molecular formula is C82H64O. The fourth-order valence-corrected chi connectivity index (χ4v) is 15.5. The molecule has 0 aromatic heterocycles. The minimum Gasteiger partial charge on any atom is -0.491 e. The molecule has 16 rings (SSSR count). The van der Waals surface area contributed by atoms with Crippen LogP contribution in [0.15, 0.2) is 237 Å². The van der Waals surface area contributed by atoms with E-state index in [1.807, 2.05) is 0 Å². The Morgan fingerprint density at radius 3 is 0.807 bits per heavy atom. The molecule has 0 atom stereocenters. The molecule has 0 bridgehead atoms. The van der Waals surface area contributed by atoms with E-state index in [1.54, 1.807) is 0 Å². The van der Waals surface area contributed by atoms with Crippen LogP contribution in [0.3, 0.4) is 0 Å². The number of hydrogen-bond donors (Lipinski definition) is 0. The summed E-state index contributed by atoms with van der Waals surface area (Å²) in [5, 5.41) is 10.2. The molecule has 13 aromatic carbocycles. The molecule has 3 aliphatic carbocycles. The van der Waals surface area contributed by atoms with Crippen molar-refractivity contribution in [1.29, 1.82) is 0 Å². The summed E-state index contributed by atoms with van der Waals surface area (Å²) in [6, 6.07) is 90.0. The van der Waals surface area contributed by atoms with Crippen LogP contribution >= 0.6 is 0 Å². The average molecular weight is 1070 g/mol. The molecule has 83 heavy (non-hydrogen) atoms. The largest absolute Gasteiger partial charge is 0.491 e. The van der Waals surface area contributed by atoms with E-state index in [2.05, 4.69) is 292 Å². The van der Waals surface area contributed by atoms with Gasteiger partial charge in [-0.1, -0.05) is 236 Å². The van der Waals surface area contributed by atoms with Crippen LogP contribution in [0.1, 0.15) is 88.8 Å². The molecule has 0 saturated carbocycles. The van der Waals surface area contributed by atoms with Crippen LogP contribution < -0.4 is 4.74 Å². The highest BCUT2D eigenvalue weighted by Gasteiger charge is 2.39. The fourth-order valence-electron chi connectivity index (χ4n) is 15.5. The van der Waals surface area contributed by atoms with Crippen molar-refractivity contribution in [2.75, 3.05) is 0 Å². The summed E-state index contributed by atoms with van der Waals surface area (Å²) < 4.78 is 6.06. The molecule has 0 amide bonds. The van der Waals surface area contributed by atoms with Crippen molar-refractivity contribution in [2.45, 2.75) is 77.7 Å². The highest BCUT2D eigenvalue weighted by atomic mass is 16.5. The lowest BCUT2D eigenvalue weighted by atomic mass is 9.79. The van der Waals surface area contributed by atoms with Gasteiger partial charge in [0.15, 0.2) is 0 Å². The van der Waals surface area contributed by atoms with E-state index < -0.39 is 0 Å². The van der Waals surface area contributed by atoms with Crippen LogP contribution in [-0.2, 0) is 16.2 Å². The molecule has 1 heteroatoms. The molecule has 0 radical (unpaired) electrons. The molecule has 0 N–H and O–H groups in total. The molecule has 0 heterocycles. The molecule has 1 nitrogen and oxygen atoms in total. The molecule has 398 valence electrons.